The topological polar surface area (TPSA) is 155 Å². The zero-order chi connectivity index (χ0) is 32.0. The van der Waals surface area contributed by atoms with Gasteiger partial charge in [0.15, 0.2) is 0 Å². The number of nitrogens with two attached hydrogens (primary N) is 1. The first-order chi connectivity index (χ1) is 21.6. The van der Waals surface area contributed by atoms with Crippen LogP contribution in [0, 0.1) is 5.41 Å². The van der Waals surface area contributed by atoms with Gasteiger partial charge in [-0.05, 0) is 56.4 Å². The van der Waals surface area contributed by atoms with Crippen LogP contribution < -0.4 is 21.7 Å². The van der Waals surface area contributed by atoms with Crippen LogP contribution in [0.3, 0.4) is 0 Å². The predicted molar refractivity (Wildman–Crippen MR) is 165 cm³/mol. The normalized spacial score (nSPS) is 19.2. The lowest BCUT2D eigenvalue weighted by atomic mass is 9.89. The van der Waals surface area contributed by atoms with E-state index in [1.165, 1.54) is 12.1 Å². The standard InChI is InChI=1S/C32H34F3N7O3/c33-32(34,35)22-11-13-38-25(16-22)42-31(44)20-9-7-19(8-10-20)28(36)27-29-21(18-39-30(27)37)4-1-2-14-45-15-12-26(43)40-23-5-3-6-24(17-23)41-29/h1,4,7-11,13,16,18,23-24,36,41H,2-3,5-6,12,14-15,17H2,(H2,37,39)(H,40,43)(H,38,42,44)/t23-,24-/m1/s1. The lowest BCUT2D eigenvalue weighted by Crippen LogP contribution is -2.42. The van der Waals surface area contributed by atoms with Crippen LogP contribution in [0.1, 0.15) is 71.1 Å². The molecular weight excluding hydrogens is 587 g/mol. The molecule has 2 bridgehead atoms. The summed E-state index contributed by atoms with van der Waals surface area (Å²) in [6.45, 7) is 0.806. The number of hydrogen-bond acceptors (Lipinski definition) is 8. The van der Waals surface area contributed by atoms with Crippen molar-refractivity contribution < 1.29 is 27.5 Å². The molecular formula is C32H34F3N7O3. The highest BCUT2D eigenvalue weighted by Crippen LogP contribution is 2.33. The van der Waals surface area contributed by atoms with E-state index in [1.807, 2.05) is 12.2 Å². The van der Waals surface area contributed by atoms with Gasteiger partial charge in [-0.15, -0.1) is 0 Å². The van der Waals surface area contributed by atoms with Crippen molar-refractivity contribution in [1.29, 1.82) is 5.41 Å². The molecule has 6 N–H and O–H groups in total. The molecule has 1 aromatic carbocycles. The van der Waals surface area contributed by atoms with Gasteiger partial charge < -0.3 is 26.4 Å². The predicted octanol–water partition coefficient (Wildman–Crippen LogP) is 5.41. The molecule has 10 nitrogen and oxygen atoms in total. The number of fused-ring (bicyclic) bond motifs is 3. The van der Waals surface area contributed by atoms with E-state index in [1.54, 1.807) is 18.3 Å². The van der Waals surface area contributed by atoms with Crippen LogP contribution in [0.2, 0.25) is 0 Å². The van der Waals surface area contributed by atoms with E-state index in [0.29, 0.717) is 49.3 Å². The van der Waals surface area contributed by atoms with Gasteiger partial charge in [0.05, 0.1) is 35.7 Å². The third-order valence-corrected chi connectivity index (χ3v) is 7.74. The maximum atomic E-state index is 13.1. The SMILES string of the molecule is N=C(c1ccc(C(=O)Nc2cc(C(F)(F)F)ccn2)cc1)c1c(N)ncc2c1N[C@@H]1CCC[C@H](C1)NC(=O)CCOCCC=C2. The molecule has 1 aliphatic heterocycles. The summed E-state index contributed by atoms with van der Waals surface area (Å²) in [5.74, 6) is -0.768. The average Bonchev–Trinajstić information content (AvgIpc) is 3.01. The van der Waals surface area contributed by atoms with Crippen LogP contribution in [0.15, 0.2) is 54.9 Å². The van der Waals surface area contributed by atoms with Crippen LogP contribution >= 0.6 is 0 Å². The van der Waals surface area contributed by atoms with Crippen LogP contribution in [0.5, 0.6) is 0 Å². The van der Waals surface area contributed by atoms with Gasteiger partial charge >= 0.3 is 6.18 Å². The molecule has 2 atom stereocenters. The number of amides is 2. The highest BCUT2D eigenvalue weighted by molar-refractivity contribution is 6.17. The molecule has 1 fully saturated rings. The monoisotopic (exact) mass is 621 g/mol. The second kappa shape index (κ2) is 13.9. The fourth-order valence-corrected chi connectivity index (χ4v) is 5.46. The van der Waals surface area contributed by atoms with Crippen LogP contribution in [0.25, 0.3) is 6.08 Å². The zero-order valence-corrected chi connectivity index (χ0v) is 24.4. The fraction of sp³-hybridized carbons (Fsp3) is 0.344. The number of ether oxygens (including phenoxy) is 1. The number of alkyl halides is 3. The number of rotatable bonds is 4. The molecule has 5 rings (SSSR count). The van der Waals surface area contributed by atoms with Crippen molar-refractivity contribution in [3.8, 4) is 0 Å². The molecule has 3 heterocycles. The third kappa shape index (κ3) is 8.04. The molecule has 0 radical (unpaired) electrons. The summed E-state index contributed by atoms with van der Waals surface area (Å²) in [5.41, 5.74) is 7.93. The van der Waals surface area contributed by atoms with E-state index in [9.17, 15) is 22.8 Å². The number of carbonyl (C=O) groups excluding carboxylic acids is 2. The van der Waals surface area contributed by atoms with E-state index in [0.717, 1.165) is 43.2 Å². The van der Waals surface area contributed by atoms with Crippen molar-refractivity contribution in [1.82, 2.24) is 15.3 Å². The van der Waals surface area contributed by atoms with Crippen LogP contribution in [-0.4, -0.2) is 52.8 Å². The van der Waals surface area contributed by atoms with Crippen molar-refractivity contribution in [3.05, 3.63) is 82.7 Å². The number of carbonyl (C=O) groups is 2. The van der Waals surface area contributed by atoms with Gasteiger partial charge in [-0.3, -0.25) is 15.0 Å². The summed E-state index contributed by atoms with van der Waals surface area (Å²) in [4.78, 5) is 33.4. The highest BCUT2D eigenvalue weighted by atomic mass is 19.4. The number of pyridine rings is 2. The molecule has 0 saturated heterocycles. The Hall–Kier alpha value is -4.78. The van der Waals surface area contributed by atoms with Gasteiger partial charge in [0.2, 0.25) is 5.91 Å². The van der Waals surface area contributed by atoms with E-state index in [2.05, 4.69) is 25.9 Å². The Bertz CT molecular complexity index is 1590. The molecule has 236 valence electrons. The number of benzene rings is 1. The molecule has 0 spiro atoms. The number of nitrogens with zero attached hydrogens (tertiary/aromatic N) is 2. The van der Waals surface area contributed by atoms with Gasteiger partial charge in [-0.2, -0.15) is 13.2 Å². The number of aromatic nitrogens is 2. The quantitative estimate of drug-likeness (QED) is 0.244. The van der Waals surface area contributed by atoms with Crippen molar-refractivity contribution >= 4 is 40.9 Å². The number of anilines is 3. The number of halogens is 3. The first kappa shape index (κ1) is 31.6. The van der Waals surface area contributed by atoms with E-state index in [4.69, 9.17) is 15.9 Å². The smallest absolute Gasteiger partial charge is 0.383 e. The van der Waals surface area contributed by atoms with Crippen molar-refractivity contribution in [2.24, 2.45) is 0 Å². The average molecular weight is 622 g/mol. The van der Waals surface area contributed by atoms with Crippen molar-refractivity contribution in [2.45, 2.75) is 56.8 Å². The lowest BCUT2D eigenvalue weighted by molar-refractivity contribution is -0.137. The Balaban J connectivity index is 1.40. The Morgan fingerprint density at radius 2 is 1.78 bits per heavy atom. The number of nitrogen functional groups attached to an aromatic ring is 1. The van der Waals surface area contributed by atoms with Gasteiger partial charge in [0, 0.05) is 47.6 Å². The minimum atomic E-state index is -4.57. The van der Waals surface area contributed by atoms with Crippen LogP contribution in [0.4, 0.5) is 30.5 Å². The molecule has 2 aliphatic rings. The maximum absolute atomic E-state index is 13.1. The Morgan fingerprint density at radius 1 is 1.04 bits per heavy atom. The minimum Gasteiger partial charge on any atom is -0.383 e. The van der Waals surface area contributed by atoms with E-state index >= 15 is 0 Å². The molecule has 1 saturated carbocycles. The molecule has 0 unspecified atom stereocenters. The van der Waals surface area contributed by atoms with Gasteiger partial charge in [-0.25, -0.2) is 9.97 Å². The molecule has 2 aromatic heterocycles. The molecule has 2 amide bonds. The van der Waals surface area contributed by atoms with Crippen molar-refractivity contribution in [3.63, 3.8) is 0 Å². The second-order valence-electron chi connectivity index (χ2n) is 11.0. The first-order valence-electron chi connectivity index (χ1n) is 14.7. The molecule has 1 aliphatic carbocycles. The molecule has 3 aromatic rings. The fourth-order valence-electron chi connectivity index (χ4n) is 5.46. The lowest BCUT2D eigenvalue weighted by Gasteiger charge is -2.32. The summed E-state index contributed by atoms with van der Waals surface area (Å²) in [5, 5.41) is 18.2. The highest BCUT2D eigenvalue weighted by Gasteiger charge is 2.31. The Morgan fingerprint density at radius 3 is 2.53 bits per heavy atom. The summed E-state index contributed by atoms with van der Waals surface area (Å²) in [6, 6.07) is 7.70. The number of hydrogen-bond donors (Lipinski definition) is 5. The summed E-state index contributed by atoms with van der Waals surface area (Å²) in [6.07, 6.45) is 6.21. The Kier molecular flexibility index (Phi) is 9.77. The largest absolute Gasteiger partial charge is 0.416 e. The van der Waals surface area contributed by atoms with Crippen LogP contribution in [-0.2, 0) is 15.7 Å². The second-order valence-corrected chi connectivity index (χ2v) is 11.0. The summed E-state index contributed by atoms with van der Waals surface area (Å²) >= 11 is 0. The van der Waals surface area contributed by atoms with Gasteiger partial charge in [0.1, 0.15) is 11.6 Å². The third-order valence-electron chi connectivity index (χ3n) is 7.74. The summed E-state index contributed by atoms with van der Waals surface area (Å²) < 4.78 is 44.8. The van der Waals surface area contributed by atoms with Gasteiger partial charge in [0.25, 0.3) is 5.91 Å². The van der Waals surface area contributed by atoms with Gasteiger partial charge in [-0.1, -0.05) is 24.3 Å². The zero-order valence-electron chi connectivity index (χ0n) is 24.4. The maximum Gasteiger partial charge on any atom is 0.416 e. The first-order valence-corrected chi connectivity index (χ1v) is 14.7. The number of nitrogens with one attached hydrogen (secondary N) is 4. The van der Waals surface area contributed by atoms with E-state index in [-0.39, 0.29) is 40.9 Å². The molecule has 13 heteroatoms. The van der Waals surface area contributed by atoms with E-state index < -0.39 is 17.6 Å². The molecule has 45 heavy (non-hydrogen) atoms. The van der Waals surface area contributed by atoms with Crippen molar-refractivity contribution in [2.75, 3.05) is 29.6 Å². The minimum absolute atomic E-state index is 0.0137. The summed E-state index contributed by atoms with van der Waals surface area (Å²) in [7, 11) is 0. The Labute approximate surface area is 258 Å².